The predicted octanol–water partition coefficient (Wildman–Crippen LogP) is 3.24. The summed E-state index contributed by atoms with van der Waals surface area (Å²) in [5.74, 6) is 0. The molecule has 0 aromatic heterocycles. The molecule has 0 heterocycles. The molecule has 106 valence electrons. The van der Waals surface area contributed by atoms with Crippen LogP contribution in [0.25, 0.3) is 0 Å². The number of halogens is 2. The number of hydrogen-bond acceptors (Lipinski definition) is 3. The molecule has 0 aliphatic heterocycles. The van der Waals surface area contributed by atoms with E-state index >= 15 is 0 Å². The molecular formula is C13H11ClINO3S. The first-order chi connectivity index (χ1) is 9.42. The Balaban J connectivity index is 2.30. The molecule has 0 spiro atoms. The van der Waals surface area contributed by atoms with Gasteiger partial charge >= 0.3 is 0 Å². The van der Waals surface area contributed by atoms with Crippen molar-refractivity contribution < 1.29 is 13.5 Å². The number of sulfonamides is 1. The zero-order chi connectivity index (χ0) is 14.8. The maximum Gasteiger partial charge on any atom is 0.261 e. The molecule has 2 rings (SSSR count). The van der Waals surface area contributed by atoms with E-state index in [2.05, 4.69) is 27.3 Å². The van der Waals surface area contributed by atoms with E-state index in [0.29, 0.717) is 11.3 Å². The van der Waals surface area contributed by atoms with Crippen molar-refractivity contribution in [3.8, 4) is 0 Å². The third-order valence-corrected chi connectivity index (χ3v) is 5.05. The molecular weight excluding hydrogens is 413 g/mol. The first-order valence-corrected chi connectivity index (χ1v) is 8.54. The largest absolute Gasteiger partial charge is 0.392 e. The van der Waals surface area contributed by atoms with Crippen LogP contribution in [-0.2, 0) is 16.6 Å². The van der Waals surface area contributed by atoms with Gasteiger partial charge in [0.05, 0.1) is 11.5 Å². The van der Waals surface area contributed by atoms with Crippen molar-refractivity contribution in [2.24, 2.45) is 0 Å². The van der Waals surface area contributed by atoms with E-state index in [9.17, 15) is 8.42 Å². The standard InChI is InChI=1S/C13H11ClINO3S/c14-13-7-12(6-1-9(13)8-17)20(18,19)16-11-4-2-10(15)3-5-11/h1-7,16-17H,8H2. The fourth-order valence-electron chi connectivity index (χ4n) is 1.56. The van der Waals surface area contributed by atoms with Crippen LogP contribution in [0.2, 0.25) is 5.02 Å². The maximum atomic E-state index is 12.2. The summed E-state index contributed by atoms with van der Waals surface area (Å²) in [4.78, 5) is 0.0539. The zero-order valence-corrected chi connectivity index (χ0v) is 13.9. The molecule has 20 heavy (non-hydrogen) atoms. The molecule has 2 N–H and O–H groups in total. The molecule has 4 nitrogen and oxygen atoms in total. The Morgan fingerprint density at radius 1 is 1.15 bits per heavy atom. The van der Waals surface area contributed by atoms with Crippen molar-refractivity contribution in [3.05, 3.63) is 56.6 Å². The van der Waals surface area contributed by atoms with Gasteiger partial charge < -0.3 is 5.11 Å². The Morgan fingerprint density at radius 2 is 1.80 bits per heavy atom. The second-order valence-electron chi connectivity index (χ2n) is 4.02. The van der Waals surface area contributed by atoms with E-state index in [4.69, 9.17) is 16.7 Å². The van der Waals surface area contributed by atoms with Crippen LogP contribution in [0.5, 0.6) is 0 Å². The van der Waals surface area contributed by atoms with Gasteiger partial charge in [-0.25, -0.2) is 8.42 Å². The molecule has 2 aromatic carbocycles. The Hall–Kier alpha value is -0.830. The highest BCUT2D eigenvalue weighted by atomic mass is 127. The summed E-state index contributed by atoms with van der Waals surface area (Å²) in [7, 11) is -3.69. The normalized spacial score (nSPS) is 11.3. The van der Waals surface area contributed by atoms with Crippen LogP contribution < -0.4 is 4.72 Å². The highest BCUT2D eigenvalue weighted by Gasteiger charge is 2.15. The van der Waals surface area contributed by atoms with E-state index in [1.807, 2.05) is 0 Å². The number of aliphatic hydroxyl groups is 1. The van der Waals surface area contributed by atoms with Gasteiger partial charge in [-0.3, -0.25) is 4.72 Å². The topological polar surface area (TPSA) is 66.4 Å². The molecule has 0 fully saturated rings. The molecule has 0 unspecified atom stereocenters. The number of aliphatic hydroxyl groups excluding tert-OH is 1. The molecule has 0 bridgehead atoms. The van der Waals surface area contributed by atoms with Gasteiger partial charge in [-0.15, -0.1) is 0 Å². The Bertz CT molecular complexity index is 717. The average Bonchev–Trinajstić information content (AvgIpc) is 2.41. The van der Waals surface area contributed by atoms with Crippen molar-refractivity contribution in [1.29, 1.82) is 0 Å². The van der Waals surface area contributed by atoms with Gasteiger partial charge in [0, 0.05) is 14.3 Å². The number of hydrogen-bond donors (Lipinski definition) is 2. The van der Waals surface area contributed by atoms with Crippen LogP contribution >= 0.6 is 34.2 Å². The first-order valence-electron chi connectivity index (χ1n) is 5.60. The summed E-state index contributed by atoms with van der Waals surface area (Å²) < 4.78 is 27.9. The van der Waals surface area contributed by atoms with Gasteiger partial charge in [-0.1, -0.05) is 17.7 Å². The summed E-state index contributed by atoms with van der Waals surface area (Å²) in [6.45, 7) is -0.232. The minimum atomic E-state index is -3.69. The molecule has 0 amide bonds. The zero-order valence-electron chi connectivity index (χ0n) is 10.2. The third-order valence-electron chi connectivity index (χ3n) is 2.60. The summed E-state index contributed by atoms with van der Waals surface area (Å²) in [5.41, 5.74) is 0.965. The van der Waals surface area contributed by atoms with Gasteiger partial charge in [-0.2, -0.15) is 0 Å². The van der Waals surface area contributed by atoms with E-state index in [1.54, 1.807) is 24.3 Å². The Morgan fingerprint density at radius 3 is 2.35 bits per heavy atom. The molecule has 0 saturated carbocycles. The van der Waals surface area contributed by atoms with Crippen LogP contribution in [0.15, 0.2) is 47.4 Å². The summed E-state index contributed by atoms with van der Waals surface area (Å²) in [5, 5.41) is 9.24. The lowest BCUT2D eigenvalue weighted by molar-refractivity contribution is 0.282. The minimum absolute atomic E-state index is 0.0539. The Labute approximate surface area is 136 Å². The van der Waals surface area contributed by atoms with E-state index < -0.39 is 10.0 Å². The highest BCUT2D eigenvalue weighted by Crippen LogP contribution is 2.23. The first kappa shape index (κ1) is 15.6. The van der Waals surface area contributed by atoms with E-state index in [1.165, 1.54) is 18.2 Å². The number of rotatable bonds is 4. The van der Waals surface area contributed by atoms with Crippen molar-refractivity contribution in [2.45, 2.75) is 11.5 Å². The highest BCUT2D eigenvalue weighted by molar-refractivity contribution is 14.1. The summed E-state index contributed by atoms with van der Waals surface area (Å²) in [6, 6.07) is 11.2. The minimum Gasteiger partial charge on any atom is -0.392 e. The molecule has 0 radical (unpaired) electrons. The van der Waals surface area contributed by atoms with Crippen LogP contribution in [0.1, 0.15) is 5.56 Å². The molecule has 0 aliphatic rings. The third kappa shape index (κ3) is 3.63. The molecule has 0 atom stereocenters. The molecule has 7 heteroatoms. The average molecular weight is 424 g/mol. The van der Waals surface area contributed by atoms with Crippen molar-refractivity contribution >= 4 is 49.9 Å². The number of anilines is 1. The summed E-state index contributed by atoms with van der Waals surface area (Å²) in [6.07, 6.45) is 0. The fraction of sp³-hybridized carbons (Fsp3) is 0.0769. The smallest absolute Gasteiger partial charge is 0.261 e. The maximum absolute atomic E-state index is 12.2. The van der Waals surface area contributed by atoms with Crippen LogP contribution in [0.4, 0.5) is 5.69 Å². The van der Waals surface area contributed by atoms with Gasteiger partial charge in [-0.05, 0) is 64.6 Å². The van der Waals surface area contributed by atoms with Gasteiger partial charge in [0.1, 0.15) is 0 Å². The second kappa shape index (κ2) is 6.30. The van der Waals surface area contributed by atoms with Crippen molar-refractivity contribution in [2.75, 3.05) is 4.72 Å². The van der Waals surface area contributed by atoms with E-state index in [0.717, 1.165) is 3.57 Å². The second-order valence-corrected chi connectivity index (χ2v) is 7.36. The van der Waals surface area contributed by atoms with Crippen LogP contribution in [0.3, 0.4) is 0 Å². The SMILES string of the molecule is O=S(=O)(Nc1ccc(I)cc1)c1ccc(CO)c(Cl)c1. The van der Waals surface area contributed by atoms with Crippen LogP contribution in [0, 0.1) is 3.57 Å². The van der Waals surface area contributed by atoms with Crippen LogP contribution in [-0.4, -0.2) is 13.5 Å². The number of benzene rings is 2. The predicted molar refractivity (Wildman–Crippen MR) is 87.3 cm³/mol. The fourth-order valence-corrected chi connectivity index (χ4v) is 3.30. The lowest BCUT2D eigenvalue weighted by atomic mass is 10.2. The molecule has 2 aromatic rings. The lowest BCUT2D eigenvalue weighted by Gasteiger charge is -2.09. The molecule has 0 aliphatic carbocycles. The van der Waals surface area contributed by atoms with Gasteiger partial charge in [0.25, 0.3) is 10.0 Å². The summed E-state index contributed by atoms with van der Waals surface area (Å²) >= 11 is 8.05. The lowest BCUT2D eigenvalue weighted by Crippen LogP contribution is -2.13. The van der Waals surface area contributed by atoms with Crippen molar-refractivity contribution in [3.63, 3.8) is 0 Å². The van der Waals surface area contributed by atoms with Gasteiger partial charge in [0.15, 0.2) is 0 Å². The molecule has 0 saturated heterocycles. The van der Waals surface area contributed by atoms with E-state index in [-0.39, 0.29) is 16.5 Å². The number of nitrogens with one attached hydrogen (secondary N) is 1. The monoisotopic (exact) mass is 423 g/mol. The van der Waals surface area contributed by atoms with Gasteiger partial charge in [0.2, 0.25) is 0 Å². The van der Waals surface area contributed by atoms with Crippen molar-refractivity contribution in [1.82, 2.24) is 0 Å². The Kier molecular flexibility index (Phi) is 4.90. The quantitative estimate of drug-likeness (QED) is 0.742.